The first-order valence-corrected chi connectivity index (χ1v) is 52.1. The van der Waals surface area contributed by atoms with E-state index in [-0.39, 0.29) is 11.5 Å². The third-order valence-electron chi connectivity index (χ3n) is 37.6. The second-order valence-electron chi connectivity index (χ2n) is 41.6. The second kappa shape index (κ2) is 19.0. The van der Waals surface area contributed by atoms with Crippen LogP contribution in [0.15, 0.2) is 133 Å². The van der Waals surface area contributed by atoms with Crippen LogP contribution in [0.5, 0.6) is 0 Å². The number of thiol groups is 3. The van der Waals surface area contributed by atoms with Crippen LogP contribution >= 0.6 is 83.2 Å². The largest absolute Gasteiger partial charge is 0.296 e. The molecule has 0 radical (unpaired) electrons. The number of rotatable bonds is 22. The van der Waals surface area contributed by atoms with Crippen LogP contribution in [0, 0.1) is 0 Å². The molecule has 41 rings (SSSR count). The third-order valence-corrected chi connectivity index (χ3v) is 43.9. The smallest absolute Gasteiger partial charge is 0.0701 e. The van der Waals surface area contributed by atoms with E-state index in [4.69, 9.17) is 37.9 Å². The maximum absolute atomic E-state index is 4.73. The highest BCUT2D eigenvalue weighted by Gasteiger charge is 2.76. The third kappa shape index (κ3) is 5.43. The van der Waals surface area contributed by atoms with Crippen molar-refractivity contribution in [2.24, 2.45) is 0 Å². The lowest BCUT2D eigenvalue weighted by atomic mass is 9.48. The van der Waals surface area contributed by atoms with Crippen molar-refractivity contribution in [1.29, 1.82) is 0 Å². The van der Waals surface area contributed by atoms with E-state index in [2.05, 4.69) is 182 Å². The van der Waals surface area contributed by atoms with Gasteiger partial charge in [-0.25, -0.2) is 0 Å². The number of benzene rings is 22. The van der Waals surface area contributed by atoms with Crippen molar-refractivity contribution < 1.29 is 0 Å². The summed E-state index contributed by atoms with van der Waals surface area (Å²) in [5.74, 6) is 2.08. The molecule has 1 saturated heterocycles. The molecule has 1 fully saturated rings. The Hall–Kier alpha value is -10.9. The maximum Gasteiger partial charge on any atom is 0.0701 e. The second-order valence-corrected chi connectivity index (χ2v) is 46.8. The highest BCUT2D eigenvalue weighted by atomic mass is 32.1. The van der Waals surface area contributed by atoms with Crippen molar-refractivity contribution in [3.63, 3.8) is 0 Å². The van der Waals surface area contributed by atoms with Crippen LogP contribution in [0.3, 0.4) is 0 Å². The zero-order valence-electron chi connectivity index (χ0n) is 69.1. The van der Waals surface area contributed by atoms with E-state index < -0.39 is 10.8 Å². The standard InChI is InChI=1S/C119H63NS7/c1-4-6-8-10-12-44-34-54(43-20-28-49(29-21-43)118(46-22-14-40(36-121)15-23-46,47-24-16-41(37-122)17-25-47)48-26-18-42(38-123)19-27-48)126-114(44)52-32-30-50(124-52)51-31-33-53(125-51)115-45(13-11-9-7-5-2)35-55(127-115)116-119-112-106-100-90-78-70-62-58-56-57-60-64(62)72(78)82-76-68(60)69-61(57)65-63-59(56)67-66(58)74-80(70)88-94-84(74)85-75(67)81-71(63)79-73(65)83-77(69)87-86(76)98(92(82)100)108(112)109-99(87)93(83)101-91(79)97-89(81)95(85)103-102(94)110(104(106)96(88)90)117(119,39-120(116)3)111(103)105(97)107(101)113(109)119/h14-35,116,121-123H,4-13,36-39H2,1-3H3. The number of aryl methyl sites for hydroxylation is 2. The van der Waals surface area contributed by atoms with Crippen molar-refractivity contribution in [2.45, 2.75) is 118 Å². The molecule has 5 aliphatic rings. The van der Waals surface area contributed by atoms with Crippen LogP contribution < -0.4 is 0 Å². The molecular weight excluding hydrogens is 1670 g/mol. The summed E-state index contributed by atoms with van der Waals surface area (Å²) < 4.78 is 0. The van der Waals surface area contributed by atoms with E-state index >= 15 is 0 Å². The molecule has 127 heavy (non-hydrogen) atoms. The van der Waals surface area contributed by atoms with Gasteiger partial charge in [0, 0.05) is 62.8 Å². The van der Waals surface area contributed by atoms with Crippen molar-refractivity contribution in [3.8, 4) is 39.7 Å². The zero-order chi connectivity index (χ0) is 80.8. The molecule has 5 heterocycles. The van der Waals surface area contributed by atoms with Crippen molar-refractivity contribution >= 4 is 374 Å². The van der Waals surface area contributed by atoms with Gasteiger partial charge in [0.1, 0.15) is 0 Å². The van der Waals surface area contributed by atoms with E-state index in [9.17, 15) is 0 Å². The van der Waals surface area contributed by atoms with Crippen molar-refractivity contribution in [1.82, 2.24) is 4.90 Å². The number of nitrogens with zero attached hydrogens (tertiary/aromatic N) is 1. The summed E-state index contributed by atoms with van der Waals surface area (Å²) in [6.45, 7) is 5.75. The van der Waals surface area contributed by atoms with Gasteiger partial charge in [-0.2, -0.15) is 37.9 Å². The number of likely N-dealkylation sites (N-methyl/N-ethyl adjacent to an activating group) is 1. The lowest BCUT2D eigenvalue weighted by Gasteiger charge is -2.52. The summed E-state index contributed by atoms with van der Waals surface area (Å²) in [4.78, 5) is 14.6. The fourth-order valence-electron chi connectivity index (χ4n) is 34.6. The molecule has 1 atom stereocenters. The first-order chi connectivity index (χ1) is 62.8. The fourth-order valence-corrected chi connectivity index (χ4v) is 40.2. The fraction of sp³-hybridized carbons (Fsp3) is 0.176. The molecule has 8 heteroatoms. The van der Waals surface area contributed by atoms with E-state index in [0.717, 1.165) is 19.4 Å². The first-order valence-electron chi connectivity index (χ1n) is 47.0. The summed E-state index contributed by atoms with van der Waals surface area (Å²) in [6.07, 6.45) is 12.1. The SMILES string of the molecule is CCCCCCc1cc(-c2ccc(C(c3ccc(CS)cc3)(c3ccc(CS)cc3)c3ccc(CS)cc3)cc2)sc1-c1ccc(-c2ccc(-c3sc(C4N(C)CC56c7c8c9c%10c%11c%12c(c%13c%14c5c5c7c7c%15c8c8c9c9c%11c%11c%16c%12c%12c%13c%13c%14c%14c5c5c7c7c%15c%15c8c8c9c%11c9c%11c%16c%12c%12c%13c%13c%14c5c5c7c7c%15c8c9c8c%11c%12c%13c5c78)C%1046)cc3CCCCCC)s2)s1. The van der Waals surface area contributed by atoms with Crippen molar-refractivity contribution in [2.75, 3.05) is 13.6 Å². The highest BCUT2D eigenvalue weighted by Crippen LogP contribution is 2.88. The summed E-state index contributed by atoms with van der Waals surface area (Å²) in [5, 5.41) is 90.3. The Kier molecular flexibility index (Phi) is 9.56. The van der Waals surface area contributed by atoms with Gasteiger partial charge in [-0.15, -0.1) is 45.3 Å². The zero-order valence-corrected chi connectivity index (χ0v) is 75.0. The molecular formula is C119H63NS7. The van der Waals surface area contributed by atoms with Crippen LogP contribution in [0.1, 0.15) is 148 Å². The average molecular weight is 1730 g/mol. The van der Waals surface area contributed by atoms with Gasteiger partial charge >= 0.3 is 0 Å². The molecule has 0 saturated carbocycles. The molecule has 32 aromatic carbocycles. The molecule has 36 aromatic rings. The molecule has 1 nitrogen and oxygen atoms in total. The molecule has 0 amide bonds. The minimum atomic E-state index is -0.591. The lowest BCUT2D eigenvalue weighted by Crippen LogP contribution is -2.51. The predicted molar refractivity (Wildman–Crippen MR) is 561 cm³/mol. The van der Waals surface area contributed by atoms with E-state index in [1.807, 2.05) is 22.7 Å². The van der Waals surface area contributed by atoms with Crippen LogP contribution in [-0.2, 0) is 46.3 Å². The van der Waals surface area contributed by atoms with Gasteiger partial charge in [0.05, 0.1) is 22.3 Å². The number of likely N-dealkylation sites (tertiary alicyclic amines) is 1. The normalized spacial score (nSPS) is 18.6. The Balaban J connectivity index is 0.544. The van der Waals surface area contributed by atoms with Crippen molar-refractivity contribution in [3.05, 3.63) is 211 Å². The molecule has 0 N–H and O–H groups in total. The molecule has 4 aliphatic carbocycles. The van der Waals surface area contributed by atoms with E-state index in [0.29, 0.717) is 17.3 Å². The van der Waals surface area contributed by atoms with Gasteiger partial charge in [-0.1, -0.05) is 149 Å². The minimum absolute atomic E-state index is 0.0949. The monoisotopic (exact) mass is 1730 g/mol. The van der Waals surface area contributed by atoms with Gasteiger partial charge in [-0.05, 0) is 438 Å². The Bertz CT molecular complexity index is 10500. The maximum atomic E-state index is 4.73. The summed E-state index contributed by atoms with van der Waals surface area (Å²) in [5.41, 5.74) is 18.7. The molecule has 1 aliphatic heterocycles. The lowest BCUT2D eigenvalue weighted by molar-refractivity contribution is 0.276. The van der Waals surface area contributed by atoms with E-state index in [1.165, 1.54) is 136 Å². The minimum Gasteiger partial charge on any atom is -0.296 e. The number of thiophene rings is 4. The van der Waals surface area contributed by atoms with E-state index in [1.54, 1.807) is 324 Å². The summed E-state index contributed by atoms with van der Waals surface area (Å²) >= 11 is 22.5. The Morgan fingerprint density at radius 1 is 0.283 bits per heavy atom. The summed E-state index contributed by atoms with van der Waals surface area (Å²) in [7, 11) is 2.67. The molecule has 4 aromatic heterocycles. The quantitative estimate of drug-likeness (QED) is 0.0264. The van der Waals surface area contributed by atoms with Crippen LogP contribution in [0.4, 0.5) is 0 Å². The molecule has 0 bridgehead atoms. The number of hydrogen-bond donors (Lipinski definition) is 3. The van der Waals surface area contributed by atoms with Gasteiger partial charge in [-0.3, -0.25) is 4.90 Å². The highest BCUT2D eigenvalue weighted by molar-refractivity contribution is 7.79. The average Bonchev–Trinajstić information content (AvgIpc) is 1.38. The van der Waals surface area contributed by atoms with Gasteiger partial charge in [0.25, 0.3) is 0 Å². The number of hydrogen-bond acceptors (Lipinski definition) is 8. The van der Waals surface area contributed by atoms with Crippen LogP contribution in [-0.4, -0.2) is 18.5 Å². The summed E-state index contributed by atoms with van der Waals surface area (Å²) in [6, 6.07) is 52.9. The molecule has 2 spiro atoms. The van der Waals surface area contributed by atoms with Gasteiger partial charge < -0.3 is 0 Å². The Morgan fingerprint density at radius 2 is 0.551 bits per heavy atom. The number of unbranched alkanes of at least 4 members (excludes halogenated alkanes) is 6. The van der Waals surface area contributed by atoms with Crippen LogP contribution in [0.25, 0.3) is 331 Å². The van der Waals surface area contributed by atoms with Gasteiger partial charge in [0.15, 0.2) is 0 Å². The predicted octanol–water partition coefficient (Wildman–Crippen LogP) is 34.8. The topological polar surface area (TPSA) is 3.24 Å². The molecule has 586 valence electrons. The first kappa shape index (κ1) is 64.0. The Labute approximate surface area is 753 Å². The Morgan fingerprint density at radius 3 is 0.850 bits per heavy atom. The van der Waals surface area contributed by atoms with Gasteiger partial charge in [0.2, 0.25) is 0 Å². The molecule has 1 unspecified atom stereocenters. The van der Waals surface area contributed by atoms with Crippen LogP contribution in [0.2, 0.25) is 0 Å².